The van der Waals surface area contributed by atoms with Gasteiger partial charge in [-0.3, -0.25) is 4.79 Å². The first kappa shape index (κ1) is 18.3. The summed E-state index contributed by atoms with van der Waals surface area (Å²) >= 11 is 0. The number of carbonyl (C=O) groups is 2. The Hall–Kier alpha value is -2.04. The van der Waals surface area contributed by atoms with Crippen LogP contribution in [0, 0.1) is 22.7 Å². The zero-order valence-electron chi connectivity index (χ0n) is 16.3. The number of esters is 2. The molecule has 0 N–H and O–H groups in total. The van der Waals surface area contributed by atoms with Crippen LogP contribution in [0.2, 0.25) is 0 Å². The van der Waals surface area contributed by atoms with Crippen LogP contribution in [-0.2, 0) is 19.1 Å². The molecule has 1 aliphatic heterocycles. The summed E-state index contributed by atoms with van der Waals surface area (Å²) < 4.78 is 16.5. The van der Waals surface area contributed by atoms with E-state index in [2.05, 4.69) is 19.9 Å². The van der Waals surface area contributed by atoms with Crippen LogP contribution < -0.4 is 0 Å². The molecule has 2 aliphatic carbocycles. The summed E-state index contributed by atoms with van der Waals surface area (Å²) in [5.41, 5.74) is 1.55. The summed E-state index contributed by atoms with van der Waals surface area (Å²) in [7, 11) is 0. The molecule has 1 saturated heterocycles. The van der Waals surface area contributed by atoms with E-state index in [0.717, 1.165) is 43.2 Å². The van der Waals surface area contributed by atoms with Gasteiger partial charge in [0.15, 0.2) is 0 Å². The van der Waals surface area contributed by atoms with Gasteiger partial charge in [0.1, 0.15) is 12.7 Å². The molecule has 2 heterocycles. The first-order valence-electron chi connectivity index (χ1n) is 9.94. The van der Waals surface area contributed by atoms with Gasteiger partial charge in [-0.25, -0.2) is 4.79 Å². The van der Waals surface area contributed by atoms with Crippen LogP contribution in [0.25, 0.3) is 0 Å². The molecule has 5 atom stereocenters. The summed E-state index contributed by atoms with van der Waals surface area (Å²) in [5.74, 6) is 0.382. The molecule has 4 rings (SSSR count). The van der Waals surface area contributed by atoms with E-state index >= 15 is 0 Å². The van der Waals surface area contributed by atoms with Crippen LogP contribution in [0.15, 0.2) is 34.7 Å². The maximum absolute atomic E-state index is 12.3. The van der Waals surface area contributed by atoms with Crippen molar-refractivity contribution in [2.75, 3.05) is 6.61 Å². The fourth-order valence-electron chi connectivity index (χ4n) is 5.92. The molecule has 3 aliphatic rings. The molecule has 2 fully saturated rings. The highest BCUT2D eigenvalue weighted by atomic mass is 16.5. The normalized spacial score (nSPS) is 36.3. The van der Waals surface area contributed by atoms with Crippen LogP contribution in [0.4, 0.5) is 0 Å². The van der Waals surface area contributed by atoms with Crippen molar-refractivity contribution in [3.8, 4) is 0 Å². The zero-order valence-corrected chi connectivity index (χ0v) is 16.3. The first-order chi connectivity index (χ1) is 12.9. The van der Waals surface area contributed by atoms with Crippen molar-refractivity contribution in [2.45, 2.75) is 59.0 Å². The Labute approximate surface area is 160 Å². The van der Waals surface area contributed by atoms with Crippen LogP contribution in [-0.4, -0.2) is 18.5 Å². The number of allylic oxidation sites excluding steroid dienone is 1. The van der Waals surface area contributed by atoms with Crippen LogP contribution in [0.3, 0.4) is 0 Å². The van der Waals surface area contributed by atoms with Crippen molar-refractivity contribution >= 4 is 11.9 Å². The lowest BCUT2D eigenvalue weighted by Crippen LogP contribution is -2.52. The maximum Gasteiger partial charge on any atom is 0.334 e. The molecular formula is C22H28O5. The summed E-state index contributed by atoms with van der Waals surface area (Å²) in [6, 6.07) is 1.87. The summed E-state index contributed by atoms with van der Waals surface area (Å²) in [4.78, 5) is 24.1. The molecule has 1 aromatic heterocycles. The van der Waals surface area contributed by atoms with Crippen LogP contribution >= 0.6 is 0 Å². The van der Waals surface area contributed by atoms with Crippen molar-refractivity contribution in [1.29, 1.82) is 0 Å². The van der Waals surface area contributed by atoms with Gasteiger partial charge in [-0.15, -0.1) is 0 Å². The van der Waals surface area contributed by atoms with Crippen LogP contribution in [0.1, 0.15) is 64.5 Å². The summed E-state index contributed by atoms with van der Waals surface area (Å²) in [5, 5.41) is 0. The van der Waals surface area contributed by atoms with Gasteiger partial charge < -0.3 is 13.9 Å². The third-order valence-corrected chi connectivity index (χ3v) is 7.48. The lowest BCUT2D eigenvalue weighted by molar-refractivity contribution is -0.153. The number of ether oxygens (including phenoxy) is 2. The fourth-order valence-corrected chi connectivity index (χ4v) is 5.92. The number of cyclic esters (lactones) is 1. The zero-order chi connectivity index (χ0) is 19.2. The van der Waals surface area contributed by atoms with Gasteiger partial charge in [-0.1, -0.05) is 19.9 Å². The molecule has 1 aromatic rings. The van der Waals surface area contributed by atoms with E-state index in [1.807, 2.05) is 6.07 Å². The monoisotopic (exact) mass is 372 g/mol. The molecule has 1 saturated carbocycles. The standard InChI is InChI=1S/C22H28O5/c1-14-7-9-22-13-26-20(24)17(22)5-4-6-19(22)21(14,3)11-18(27-15(2)23)16-8-10-25-12-16/h5,8,10,12,14,18-19H,4,6-7,9,11,13H2,1-3H3/t14-,18+,19-,21+,22+/m1/s1. The largest absolute Gasteiger partial charge is 0.472 e. The van der Waals surface area contributed by atoms with Crippen molar-refractivity contribution < 1.29 is 23.5 Å². The average molecular weight is 372 g/mol. The Balaban J connectivity index is 1.70. The maximum atomic E-state index is 12.3. The van der Waals surface area contributed by atoms with Crippen LogP contribution in [0.5, 0.6) is 0 Å². The number of carbonyl (C=O) groups excluding carboxylic acids is 2. The van der Waals surface area contributed by atoms with Gasteiger partial charge in [-0.2, -0.15) is 0 Å². The van der Waals surface area contributed by atoms with E-state index in [9.17, 15) is 9.59 Å². The molecule has 0 bridgehead atoms. The Morgan fingerprint density at radius 2 is 2.22 bits per heavy atom. The molecule has 0 amide bonds. The van der Waals surface area contributed by atoms with E-state index in [-0.39, 0.29) is 28.9 Å². The van der Waals surface area contributed by atoms with Crippen molar-refractivity contribution in [3.63, 3.8) is 0 Å². The topological polar surface area (TPSA) is 65.7 Å². The van der Waals surface area contributed by atoms with Crippen molar-refractivity contribution in [2.24, 2.45) is 22.7 Å². The number of hydrogen-bond acceptors (Lipinski definition) is 5. The minimum Gasteiger partial charge on any atom is -0.472 e. The molecule has 0 unspecified atom stereocenters. The molecular weight excluding hydrogens is 344 g/mol. The fraction of sp³-hybridized carbons (Fsp3) is 0.636. The Morgan fingerprint density at radius 3 is 2.93 bits per heavy atom. The molecule has 0 aromatic carbocycles. The first-order valence-corrected chi connectivity index (χ1v) is 9.94. The van der Waals surface area contributed by atoms with E-state index in [1.165, 1.54) is 6.92 Å². The lowest BCUT2D eigenvalue weighted by Gasteiger charge is -2.57. The quantitative estimate of drug-likeness (QED) is 0.723. The van der Waals surface area contributed by atoms with Gasteiger partial charge in [-0.05, 0) is 55.4 Å². The van der Waals surface area contributed by atoms with Gasteiger partial charge in [0, 0.05) is 23.5 Å². The van der Waals surface area contributed by atoms with Gasteiger partial charge in [0.25, 0.3) is 0 Å². The molecule has 0 radical (unpaired) electrons. The van der Waals surface area contributed by atoms with Gasteiger partial charge in [0.2, 0.25) is 0 Å². The van der Waals surface area contributed by atoms with Crippen molar-refractivity contribution in [1.82, 2.24) is 0 Å². The molecule has 27 heavy (non-hydrogen) atoms. The highest BCUT2D eigenvalue weighted by Crippen LogP contribution is 2.64. The average Bonchev–Trinajstić information content (AvgIpc) is 3.27. The second-order valence-corrected chi connectivity index (χ2v) is 8.78. The predicted octanol–water partition coefficient (Wildman–Crippen LogP) is 4.59. The number of furan rings is 1. The molecule has 146 valence electrons. The minimum atomic E-state index is -0.337. The van der Waals surface area contributed by atoms with E-state index in [1.54, 1.807) is 12.5 Å². The lowest BCUT2D eigenvalue weighted by atomic mass is 9.46. The molecule has 5 nitrogen and oxygen atoms in total. The second kappa shape index (κ2) is 6.54. The molecule has 5 heteroatoms. The van der Waals surface area contributed by atoms with Gasteiger partial charge in [0.05, 0.1) is 12.5 Å². The van der Waals surface area contributed by atoms with E-state index in [0.29, 0.717) is 18.4 Å². The van der Waals surface area contributed by atoms with E-state index in [4.69, 9.17) is 13.9 Å². The van der Waals surface area contributed by atoms with Gasteiger partial charge >= 0.3 is 11.9 Å². The number of hydrogen-bond donors (Lipinski definition) is 0. The van der Waals surface area contributed by atoms with E-state index < -0.39 is 0 Å². The second-order valence-electron chi connectivity index (χ2n) is 8.78. The Bertz CT molecular complexity index is 764. The smallest absolute Gasteiger partial charge is 0.334 e. The minimum absolute atomic E-state index is 0.0663. The third-order valence-electron chi connectivity index (χ3n) is 7.48. The summed E-state index contributed by atoms with van der Waals surface area (Å²) in [6.07, 6.45) is 9.75. The SMILES string of the molecule is CC(=O)O[C@@H](C[C@@]1(C)[C@H](C)CC[C@]23COC(=O)C2=CCC[C@@H]31)c1ccoc1. The Kier molecular flexibility index (Phi) is 4.44. The number of rotatable bonds is 4. The highest BCUT2D eigenvalue weighted by molar-refractivity contribution is 5.92. The summed E-state index contributed by atoms with van der Waals surface area (Å²) in [6.45, 7) is 6.55. The Morgan fingerprint density at radius 1 is 1.41 bits per heavy atom. The van der Waals surface area contributed by atoms with Crippen molar-refractivity contribution in [3.05, 3.63) is 35.8 Å². The molecule has 1 spiro atoms. The third kappa shape index (κ3) is 2.82. The highest BCUT2D eigenvalue weighted by Gasteiger charge is 2.61. The predicted molar refractivity (Wildman–Crippen MR) is 98.5 cm³/mol.